The summed E-state index contributed by atoms with van der Waals surface area (Å²) in [7, 11) is 0. The van der Waals surface area contributed by atoms with Crippen LogP contribution in [0.3, 0.4) is 0 Å². The Hall–Kier alpha value is -7.10. The molecule has 0 radical (unpaired) electrons. The highest BCUT2D eigenvalue weighted by atomic mass is 16.3. The van der Waals surface area contributed by atoms with Crippen molar-refractivity contribution in [3.8, 4) is 22.3 Å². The van der Waals surface area contributed by atoms with Crippen molar-refractivity contribution in [3.63, 3.8) is 0 Å². The number of rotatable bonds is 5. The second kappa shape index (κ2) is 11.7. The van der Waals surface area contributed by atoms with E-state index in [1.165, 1.54) is 38.2 Å². The maximum absolute atomic E-state index is 6.64. The summed E-state index contributed by atoms with van der Waals surface area (Å²) in [5.41, 5.74) is 11.1. The highest BCUT2D eigenvalue weighted by Crippen LogP contribution is 2.46. The van der Waals surface area contributed by atoms with E-state index in [1.807, 2.05) is 12.1 Å². The molecule has 11 rings (SSSR count). The van der Waals surface area contributed by atoms with Gasteiger partial charge in [-0.2, -0.15) is 0 Å². The minimum absolute atomic E-state index is 0.848. The summed E-state index contributed by atoms with van der Waals surface area (Å²) < 4.78 is 13.2. The van der Waals surface area contributed by atoms with Crippen molar-refractivity contribution in [3.05, 3.63) is 188 Å². The SMILES string of the molecule is c1ccc(-c2ccc(N(c3ccc4oc5cccc(-c6cccc7ccc8ccccc8c67)c5c4c3)c3cccc4c3oc3ccccc34)cc2)cc1. The van der Waals surface area contributed by atoms with Crippen LogP contribution in [-0.2, 0) is 0 Å². The summed E-state index contributed by atoms with van der Waals surface area (Å²) in [5.74, 6) is 0. The van der Waals surface area contributed by atoms with E-state index in [0.29, 0.717) is 0 Å². The van der Waals surface area contributed by atoms with E-state index in [-0.39, 0.29) is 0 Å². The van der Waals surface area contributed by atoms with Crippen molar-refractivity contribution in [2.24, 2.45) is 0 Å². The molecule has 0 amide bonds. The molecule has 0 saturated carbocycles. The van der Waals surface area contributed by atoms with Crippen LogP contribution in [0.5, 0.6) is 0 Å². The number of furan rings is 2. The van der Waals surface area contributed by atoms with Gasteiger partial charge in [0.1, 0.15) is 16.7 Å². The van der Waals surface area contributed by atoms with Gasteiger partial charge in [0.05, 0.1) is 5.69 Å². The summed E-state index contributed by atoms with van der Waals surface area (Å²) >= 11 is 0. The summed E-state index contributed by atoms with van der Waals surface area (Å²) in [6.45, 7) is 0. The first kappa shape index (κ1) is 29.6. The first-order valence-corrected chi connectivity index (χ1v) is 18.0. The maximum atomic E-state index is 6.64. The fraction of sp³-hybridized carbons (Fsp3) is 0. The molecule has 0 bridgehead atoms. The Balaban J connectivity index is 1.16. The van der Waals surface area contributed by atoms with Crippen LogP contribution >= 0.6 is 0 Å². The molecule has 53 heavy (non-hydrogen) atoms. The maximum Gasteiger partial charge on any atom is 0.159 e. The number of anilines is 3. The van der Waals surface area contributed by atoms with E-state index in [9.17, 15) is 0 Å². The second-order valence-corrected chi connectivity index (χ2v) is 13.7. The summed E-state index contributed by atoms with van der Waals surface area (Å²) in [4.78, 5) is 2.31. The van der Waals surface area contributed by atoms with Gasteiger partial charge in [-0.15, -0.1) is 0 Å². The largest absolute Gasteiger partial charge is 0.456 e. The lowest BCUT2D eigenvalue weighted by Crippen LogP contribution is -2.10. The van der Waals surface area contributed by atoms with Gasteiger partial charge >= 0.3 is 0 Å². The van der Waals surface area contributed by atoms with Crippen molar-refractivity contribution in [2.75, 3.05) is 4.90 Å². The Kier molecular flexibility index (Phi) is 6.55. The van der Waals surface area contributed by atoms with E-state index in [0.717, 1.165) is 66.5 Å². The second-order valence-electron chi connectivity index (χ2n) is 13.7. The van der Waals surface area contributed by atoms with E-state index in [2.05, 4.69) is 181 Å². The van der Waals surface area contributed by atoms with E-state index in [1.54, 1.807) is 0 Å². The lowest BCUT2D eigenvalue weighted by atomic mass is 9.91. The van der Waals surface area contributed by atoms with Crippen LogP contribution in [0.15, 0.2) is 197 Å². The minimum atomic E-state index is 0.848. The third-order valence-corrected chi connectivity index (χ3v) is 10.7. The Labute approximate surface area is 305 Å². The van der Waals surface area contributed by atoms with Gasteiger partial charge in [-0.1, -0.05) is 140 Å². The van der Waals surface area contributed by atoms with E-state index in [4.69, 9.17) is 8.83 Å². The molecule has 248 valence electrons. The molecule has 0 spiro atoms. The van der Waals surface area contributed by atoms with Gasteiger partial charge in [0.15, 0.2) is 5.58 Å². The normalized spacial score (nSPS) is 11.8. The fourth-order valence-electron chi connectivity index (χ4n) is 8.23. The smallest absolute Gasteiger partial charge is 0.159 e. The third-order valence-electron chi connectivity index (χ3n) is 10.7. The summed E-state index contributed by atoms with van der Waals surface area (Å²) in [6, 6.07) is 66.7. The summed E-state index contributed by atoms with van der Waals surface area (Å²) in [5, 5.41) is 9.30. The van der Waals surface area contributed by atoms with E-state index < -0.39 is 0 Å². The number of nitrogens with zero attached hydrogens (tertiary/aromatic N) is 1. The van der Waals surface area contributed by atoms with E-state index >= 15 is 0 Å². The van der Waals surface area contributed by atoms with Crippen molar-refractivity contribution < 1.29 is 8.83 Å². The predicted molar refractivity (Wildman–Crippen MR) is 222 cm³/mol. The van der Waals surface area contributed by atoms with Crippen molar-refractivity contribution in [1.82, 2.24) is 0 Å². The molecule has 0 aliphatic rings. The fourth-order valence-corrected chi connectivity index (χ4v) is 8.23. The van der Waals surface area contributed by atoms with Crippen LogP contribution in [0.4, 0.5) is 17.1 Å². The van der Waals surface area contributed by atoms with Crippen LogP contribution in [0, 0.1) is 0 Å². The van der Waals surface area contributed by atoms with Gasteiger partial charge in [-0.25, -0.2) is 0 Å². The van der Waals surface area contributed by atoms with Crippen LogP contribution in [0.1, 0.15) is 0 Å². The number of hydrogen-bond donors (Lipinski definition) is 0. The van der Waals surface area contributed by atoms with Crippen LogP contribution in [0.2, 0.25) is 0 Å². The average molecular weight is 678 g/mol. The zero-order chi connectivity index (χ0) is 34.9. The quantitative estimate of drug-likeness (QED) is 0.170. The predicted octanol–water partition coefficient (Wildman–Crippen LogP) is 14.6. The van der Waals surface area contributed by atoms with Gasteiger partial charge in [0, 0.05) is 32.9 Å². The standard InChI is InChI=1S/C50H31NO2/c1-2-11-32(12-3-1)33-25-27-36(28-26-33)51(44-20-9-19-42-39-16-6-7-21-45(39)53-50(42)44)37-29-30-46-43(31-37)49-41(18-10-22-47(49)52-46)40-17-8-14-35-24-23-34-13-4-5-15-38(34)48(35)40/h1-31H. The van der Waals surface area contributed by atoms with Crippen molar-refractivity contribution >= 4 is 82.5 Å². The molecule has 3 nitrogen and oxygen atoms in total. The molecule has 0 aliphatic heterocycles. The molecule has 9 aromatic carbocycles. The molecule has 0 saturated heterocycles. The molecule has 0 unspecified atom stereocenters. The Bertz CT molecular complexity index is 3170. The highest BCUT2D eigenvalue weighted by molar-refractivity contribution is 6.20. The molecule has 3 heteroatoms. The Morgan fingerprint density at radius 2 is 0.962 bits per heavy atom. The monoisotopic (exact) mass is 677 g/mol. The van der Waals surface area contributed by atoms with Crippen molar-refractivity contribution in [2.45, 2.75) is 0 Å². The zero-order valence-corrected chi connectivity index (χ0v) is 28.7. The Morgan fingerprint density at radius 3 is 1.85 bits per heavy atom. The van der Waals surface area contributed by atoms with Crippen molar-refractivity contribution in [1.29, 1.82) is 0 Å². The summed E-state index contributed by atoms with van der Waals surface area (Å²) in [6.07, 6.45) is 0. The van der Waals surface area contributed by atoms with Gasteiger partial charge in [0.2, 0.25) is 0 Å². The zero-order valence-electron chi connectivity index (χ0n) is 28.7. The molecule has 0 fully saturated rings. The molecule has 0 N–H and O–H groups in total. The number of benzene rings is 9. The van der Waals surface area contributed by atoms with Gasteiger partial charge in [-0.05, 0) is 92.3 Å². The first-order valence-electron chi connectivity index (χ1n) is 18.0. The molecule has 2 aromatic heterocycles. The average Bonchev–Trinajstić information content (AvgIpc) is 3.80. The van der Waals surface area contributed by atoms with Crippen LogP contribution in [0.25, 0.3) is 87.7 Å². The Morgan fingerprint density at radius 1 is 0.340 bits per heavy atom. The number of hydrogen-bond acceptors (Lipinski definition) is 3. The van der Waals surface area contributed by atoms with Gasteiger partial charge < -0.3 is 13.7 Å². The lowest BCUT2D eigenvalue weighted by Gasteiger charge is -2.26. The molecule has 0 aliphatic carbocycles. The molecule has 11 aromatic rings. The highest BCUT2D eigenvalue weighted by Gasteiger charge is 2.22. The minimum Gasteiger partial charge on any atom is -0.456 e. The lowest BCUT2D eigenvalue weighted by molar-refractivity contribution is 0.669. The molecule has 0 atom stereocenters. The van der Waals surface area contributed by atoms with Gasteiger partial charge in [-0.3, -0.25) is 0 Å². The number of para-hydroxylation sites is 2. The van der Waals surface area contributed by atoms with Gasteiger partial charge in [0.25, 0.3) is 0 Å². The molecular weight excluding hydrogens is 647 g/mol. The molecular formula is C50H31NO2. The van der Waals surface area contributed by atoms with Crippen LogP contribution < -0.4 is 4.90 Å². The third kappa shape index (κ3) is 4.68. The van der Waals surface area contributed by atoms with Crippen LogP contribution in [-0.4, -0.2) is 0 Å². The topological polar surface area (TPSA) is 29.5 Å². The number of fused-ring (bicyclic) bond motifs is 9. The first-order chi connectivity index (χ1) is 26.3. The molecule has 2 heterocycles.